The Hall–Kier alpha value is -1.65. The van der Waals surface area contributed by atoms with Crippen molar-refractivity contribution in [2.45, 2.75) is 33.7 Å². The number of esters is 1. The summed E-state index contributed by atoms with van der Waals surface area (Å²) in [4.78, 5) is 35.0. The molecular formula is C12H19NO4. The van der Waals surface area contributed by atoms with Crippen molar-refractivity contribution in [1.82, 2.24) is 4.90 Å². The molecule has 0 aromatic carbocycles. The summed E-state index contributed by atoms with van der Waals surface area (Å²) in [6, 6.07) is -0.334. The number of Topliss-reactive ketones (excluding diaryl/α,β-unsaturated/α-hetero) is 1. The lowest BCUT2D eigenvalue weighted by Crippen LogP contribution is -2.44. The van der Waals surface area contributed by atoms with Crippen LogP contribution in [0.4, 0.5) is 0 Å². The molecule has 0 aliphatic rings. The maximum Gasteiger partial charge on any atom is 0.333 e. The third-order valence-corrected chi connectivity index (χ3v) is 2.24. The number of likely N-dealkylation sites (N-methyl/N-ethyl adjacent to an activating group) is 1. The van der Waals surface area contributed by atoms with Crippen LogP contribution in [0.1, 0.15) is 27.7 Å². The van der Waals surface area contributed by atoms with Crippen molar-refractivity contribution in [3.05, 3.63) is 12.2 Å². The Bertz CT molecular complexity index is 335. The summed E-state index contributed by atoms with van der Waals surface area (Å²) in [5.74, 6) is -1.58. The lowest BCUT2D eigenvalue weighted by Gasteiger charge is -2.26. The number of ketones is 1. The third kappa shape index (κ3) is 4.80. The van der Waals surface area contributed by atoms with Gasteiger partial charge in [0.25, 0.3) is 5.91 Å². The molecule has 0 radical (unpaired) electrons. The van der Waals surface area contributed by atoms with Gasteiger partial charge in [-0.2, -0.15) is 0 Å². The van der Waals surface area contributed by atoms with Crippen LogP contribution in [0, 0.1) is 0 Å². The fraction of sp³-hybridized carbons (Fsp3) is 0.583. The third-order valence-electron chi connectivity index (χ3n) is 2.24. The van der Waals surface area contributed by atoms with Gasteiger partial charge in [-0.3, -0.25) is 9.59 Å². The topological polar surface area (TPSA) is 63.7 Å². The minimum atomic E-state index is -0.564. The molecule has 5 heteroatoms. The predicted octanol–water partition coefficient (Wildman–Crippen LogP) is 0.932. The molecule has 0 fully saturated rings. The van der Waals surface area contributed by atoms with Gasteiger partial charge in [0, 0.05) is 19.0 Å². The summed E-state index contributed by atoms with van der Waals surface area (Å²) in [5, 5.41) is 0. The Morgan fingerprint density at radius 3 is 2.18 bits per heavy atom. The van der Waals surface area contributed by atoms with Crippen LogP contribution in [0.25, 0.3) is 0 Å². The van der Waals surface area contributed by atoms with Crippen LogP contribution >= 0.6 is 0 Å². The molecule has 0 spiro atoms. The van der Waals surface area contributed by atoms with Gasteiger partial charge in [0.2, 0.25) is 5.78 Å². The number of hydrogen-bond donors (Lipinski definition) is 0. The van der Waals surface area contributed by atoms with Crippen molar-refractivity contribution in [3.63, 3.8) is 0 Å². The second kappa shape index (κ2) is 6.83. The Balaban J connectivity index is 4.41. The van der Waals surface area contributed by atoms with Crippen LogP contribution in [0.3, 0.4) is 0 Å². The van der Waals surface area contributed by atoms with E-state index >= 15 is 0 Å². The summed E-state index contributed by atoms with van der Waals surface area (Å²) in [5.41, 5.74) is 0.304. The molecule has 1 unspecified atom stereocenters. The van der Waals surface area contributed by atoms with E-state index in [1.54, 1.807) is 20.8 Å². The number of amides is 1. The van der Waals surface area contributed by atoms with E-state index in [4.69, 9.17) is 4.74 Å². The first-order valence-electron chi connectivity index (χ1n) is 5.45. The van der Waals surface area contributed by atoms with Gasteiger partial charge in [-0.25, -0.2) is 4.79 Å². The van der Waals surface area contributed by atoms with Crippen molar-refractivity contribution < 1.29 is 19.1 Å². The van der Waals surface area contributed by atoms with E-state index in [9.17, 15) is 14.4 Å². The van der Waals surface area contributed by atoms with Gasteiger partial charge in [0.05, 0.1) is 6.04 Å². The SMILES string of the molecule is C=C(C)C(=O)OCC(C)N(CC)C(=O)C(C)=O. The number of carbonyl (C=O) groups is 3. The molecule has 1 amide bonds. The van der Waals surface area contributed by atoms with Gasteiger partial charge in [0.1, 0.15) is 6.61 Å². The minimum absolute atomic E-state index is 0.0541. The molecule has 17 heavy (non-hydrogen) atoms. The average molecular weight is 241 g/mol. The number of ether oxygens (including phenoxy) is 1. The number of rotatable bonds is 6. The van der Waals surface area contributed by atoms with Gasteiger partial charge in [0.15, 0.2) is 0 Å². The lowest BCUT2D eigenvalue weighted by atomic mass is 10.2. The molecule has 0 saturated carbocycles. The van der Waals surface area contributed by atoms with Crippen molar-refractivity contribution in [2.24, 2.45) is 0 Å². The summed E-state index contributed by atoms with van der Waals surface area (Å²) >= 11 is 0. The molecule has 0 aliphatic heterocycles. The van der Waals surface area contributed by atoms with E-state index in [0.29, 0.717) is 12.1 Å². The molecular weight excluding hydrogens is 222 g/mol. The van der Waals surface area contributed by atoms with Crippen molar-refractivity contribution in [3.8, 4) is 0 Å². The number of carbonyl (C=O) groups excluding carboxylic acids is 3. The summed E-state index contributed by atoms with van der Waals surface area (Å²) in [6.45, 7) is 10.1. The standard InChI is InChI=1S/C12H19NO4/c1-6-13(11(15)10(5)14)9(4)7-17-12(16)8(2)3/h9H,2,6-7H2,1,3-5H3. The van der Waals surface area contributed by atoms with Gasteiger partial charge >= 0.3 is 5.97 Å². The first kappa shape index (κ1) is 15.3. The number of nitrogens with zero attached hydrogens (tertiary/aromatic N) is 1. The van der Waals surface area contributed by atoms with Crippen LogP contribution in [-0.2, 0) is 19.1 Å². The van der Waals surface area contributed by atoms with E-state index < -0.39 is 17.7 Å². The van der Waals surface area contributed by atoms with Gasteiger partial charge in [-0.15, -0.1) is 0 Å². The molecule has 0 N–H and O–H groups in total. The van der Waals surface area contributed by atoms with Crippen LogP contribution in [-0.4, -0.2) is 41.8 Å². The molecule has 0 aromatic heterocycles. The van der Waals surface area contributed by atoms with E-state index in [0.717, 1.165) is 0 Å². The molecule has 0 bridgehead atoms. The average Bonchev–Trinajstić information content (AvgIpc) is 2.26. The molecule has 5 nitrogen and oxygen atoms in total. The second-order valence-corrected chi connectivity index (χ2v) is 3.88. The summed E-state index contributed by atoms with van der Waals surface area (Å²) in [7, 11) is 0. The first-order valence-corrected chi connectivity index (χ1v) is 5.45. The molecule has 0 rings (SSSR count). The monoisotopic (exact) mass is 241 g/mol. The van der Waals surface area contributed by atoms with E-state index in [-0.39, 0.29) is 12.6 Å². The fourth-order valence-electron chi connectivity index (χ4n) is 1.27. The Labute approximate surface area is 101 Å². The van der Waals surface area contributed by atoms with Crippen molar-refractivity contribution in [2.75, 3.05) is 13.2 Å². The lowest BCUT2D eigenvalue weighted by molar-refractivity contribution is -0.148. The molecule has 0 aromatic rings. The molecule has 0 saturated heterocycles. The molecule has 1 atom stereocenters. The molecule has 0 heterocycles. The second-order valence-electron chi connectivity index (χ2n) is 3.88. The zero-order chi connectivity index (χ0) is 13.6. The summed E-state index contributed by atoms with van der Waals surface area (Å²) in [6.07, 6.45) is 0. The Morgan fingerprint density at radius 2 is 1.82 bits per heavy atom. The maximum atomic E-state index is 11.5. The Morgan fingerprint density at radius 1 is 1.29 bits per heavy atom. The minimum Gasteiger partial charge on any atom is -0.460 e. The first-order chi connectivity index (χ1) is 7.81. The van der Waals surface area contributed by atoms with E-state index in [1.165, 1.54) is 11.8 Å². The highest BCUT2D eigenvalue weighted by Gasteiger charge is 2.22. The van der Waals surface area contributed by atoms with Crippen molar-refractivity contribution >= 4 is 17.7 Å². The van der Waals surface area contributed by atoms with Gasteiger partial charge in [-0.1, -0.05) is 6.58 Å². The van der Waals surface area contributed by atoms with Gasteiger partial charge in [-0.05, 0) is 20.8 Å². The van der Waals surface area contributed by atoms with Crippen LogP contribution < -0.4 is 0 Å². The largest absolute Gasteiger partial charge is 0.460 e. The van der Waals surface area contributed by atoms with E-state index in [2.05, 4.69) is 6.58 Å². The van der Waals surface area contributed by atoms with Gasteiger partial charge < -0.3 is 9.64 Å². The quantitative estimate of drug-likeness (QED) is 0.394. The smallest absolute Gasteiger partial charge is 0.333 e. The molecule has 96 valence electrons. The van der Waals surface area contributed by atoms with Crippen LogP contribution in [0.5, 0.6) is 0 Å². The zero-order valence-electron chi connectivity index (χ0n) is 10.8. The summed E-state index contributed by atoms with van der Waals surface area (Å²) < 4.78 is 4.93. The van der Waals surface area contributed by atoms with Crippen molar-refractivity contribution in [1.29, 1.82) is 0 Å². The maximum absolute atomic E-state index is 11.5. The highest BCUT2D eigenvalue weighted by molar-refractivity contribution is 6.35. The highest BCUT2D eigenvalue weighted by atomic mass is 16.5. The fourth-order valence-corrected chi connectivity index (χ4v) is 1.27. The molecule has 0 aliphatic carbocycles. The number of hydrogen-bond acceptors (Lipinski definition) is 4. The Kier molecular flexibility index (Phi) is 6.17. The van der Waals surface area contributed by atoms with Crippen LogP contribution in [0.2, 0.25) is 0 Å². The normalized spacial score (nSPS) is 11.5. The zero-order valence-corrected chi connectivity index (χ0v) is 10.8. The predicted molar refractivity (Wildman–Crippen MR) is 63.3 cm³/mol. The van der Waals surface area contributed by atoms with E-state index in [1.807, 2.05) is 0 Å². The highest BCUT2D eigenvalue weighted by Crippen LogP contribution is 2.03. The van der Waals surface area contributed by atoms with Crippen LogP contribution in [0.15, 0.2) is 12.2 Å².